The summed E-state index contributed by atoms with van der Waals surface area (Å²) in [6, 6.07) is 6.82. The molecule has 0 saturated carbocycles. The van der Waals surface area contributed by atoms with Gasteiger partial charge in [-0.25, -0.2) is 4.79 Å². The number of nitrogens with one attached hydrogen (secondary N) is 2. The number of likely N-dealkylation sites (N-methyl/N-ethyl adjacent to an activating group) is 1. The van der Waals surface area contributed by atoms with E-state index in [0.29, 0.717) is 18.0 Å². The molecule has 0 spiro atoms. The highest BCUT2D eigenvalue weighted by molar-refractivity contribution is 5.93. The van der Waals surface area contributed by atoms with Gasteiger partial charge in [-0.05, 0) is 39.8 Å². The lowest BCUT2D eigenvalue weighted by atomic mass is 10.1. The van der Waals surface area contributed by atoms with Gasteiger partial charge in [0.2, 0.25) is 5.91 Å². The van der Waals surface area contributed by atoms with E-state index in [9.17, 15) is 9.59 Å². The smallest absolute Gasteiger partial charge is 0.322 e. The zero-order valence-corrected chi connectivity index (χ0v) is 13.9. The summed E-state index contributed by atoms with van der Waals surface area (Å²) >= 11 is 0. The fourth-order valence-corrected chi connectivity index (χ4v) is 1.81. The highest BCUT2D eigenvalue weighted by atomic mass is 16.5. The van der Waals surface area contributed by atoms with E-state index in [1.54, 1.807) is 19.2 Å². The van der Waals surface area contributed by atoms with Gasteiger partial charge in [0, 0.05) is 12.6 Å². The number of carbonyl (C=O) groups excluding carboxylic acids is 2. The zero-order chi connectivity index (χ0) is 16.8. The minimum Gasteiger partial charge on any atom is -0.492 e. The Morgan fingerprint density at radius 2 is 1.86 bits per heavy atom. The molecule has 0 saturated heterocycles. The van der Waals surface area contributed by atoms with E-state index < -0.39 is 0 Å². The summed E-state index contributed by atoms with van der Waals surface area (Å²) in [5.41, 5.74) is 0.258. The third-order valence-electron chi connectivity index (χ3n) is 2.67. The number of anilines is 1. The molecule has 0 heterocycles. The second-order valence-corrected chi connectivity index (χ2v) is 6.01. The van der Waals surface area contributed by atoms with Gasteiger partial charge in [0.1, 0.15) is 12.3 Å². The molecule has 6 nitrogen and oxygen atoms in total. The quantitative estimate of drug-likeness (QED) is 0.878. The van der Waals surface area contributed by atoms with E-state index in [1.165, 1.54) is 4.90 Å². The van der Waals surface area contributed by atoms with Gasteiger partial charge in [0.25, 0.3) is 0 Å². The number of para-hydroxylation sites is 2. The van der Waals surface area contributed by atoms with Crippen LogP contribution in [0.1, 0.15) is 27.7 Å². The summed E-state index contributed by atoms with van der Waals surface area (Å²) in [5, 5.41) is 5.56. The van der Waals surface area contributed by atoms with Crippen molar-refractivity contribution in [2.75, 3.05) is 25.5 Å². The van der Waals surface area contributed by atoms with Crippen molar-refractivity contribution in [3.63, 3.8) is 0 Å². The number of benzene rings is 1. The Kier molecular flexibility index (Phi) is 6.22. The lowest BCUT2D eigenvalue weighted by molar-refractivity contribution is -0.122. The largest absolute Gasteiger partial charge is 0.492 e. The average molecular weight is 307 g/mol. The summed E-state index contributed by atoms with van der Waals surface area (Å²) < 4.78 is 5.45. The Morgan fingerprint density at radius 1 is 1.23 bits per heavy atom. The topological polar surface area (TPSA) is 70.7 Å². The fourth-order valence-electron chi connectivity index (χ4n) is 1.81. The second kappa shape index (κ2) is 7.68. The molecule has 0 radical (unpaired) electrons. The normalized spacial score (nSPS) is 10.8. The van der Waals surface area contributed by atoms with Crippen molar-refractivity contribution in [3.05, 3.63) is 24.3 Å². The van der Waals surface area contributed by atoms with E-state index in [4.69, 9.17) is 4.74 Å². The maximum Gasteiger partial charge on any atom is 0.322 e. The number of nitrogens with zero attached hydrogens (tertiary/aromatic N) is 1. The number of amides is 3. The molecule has 122 valence electrons. The van der Waals surface area contributed by atoms with Crippen molar-refractivity contribution in [1.29, 1.82) is 0 Å². The number of hydrogen-bond acceptors (Lipinski definition) is 3. The predicted octanol–water partition coefficient (Wildman–Crippen LogP) is 2.46. The highest BCUT2D eigenvalue weighted by Gasteiger charge is 2.18. The van der Waals surface area contributed by atoms with Crippen LogP contribution in [0.15, 0.2) is 24.3 Å². The molecule has 0 aliphatic rings. The molecular weight excluding hydrogens is 282 g/mol. The van der Waals surface area contributed by atoms with Gasteiger partial charge in [0.05, 0.1) is 12.3 Å². The molecule has 2 N–H and O–H groups in total. The Labute approximate surface area is 131 Å². The van der Waals surface area contributed by atoms with Crippen LogP contribution in [-0.4, -0.2) is 42.6 Å². The number of rotatable bonds is 5. The maximum absolute atomic E-state index is 12.1. The molecule has 0 aliphatic heterocycles. The standard InChI is InChI=1S/C16H25N3O3/c1-6-22-13-10-8-7-9-12(13)17-15(21)19(5)11-14(20)18-16(2,3)4/h7-10H,6,11H2,1-5H3,(H,17,21)(H,18,20). The number of urea groups is 1. The van der Waals surface area contributed by atoms with E-state index >= 15 is 0 Å². The molecule has 1 aromatic carbocycles. The van der Waals surface area contributed by atoms with Crippen molar-refractivity contribution in [1.82, 2.24) is 10.2 Å². The van der Waals surface area contributed by atoms with E-state index in [2.05, 4.69) is 10.6 Å². The lowest BCUT2D eigenvalue weighted by Crippen LogP contribution is -2.47. The van der Waals surface area contributed by atoms with E-state index in [1.807, 2.05) is 39.8 Å². The van der Waals surface area contributed by atoms with Crippen molar-refractivity contribution in [3.8, 4) is 5.75 Å². The summed E-state index contributed by atoms with van der Waals surface area (Å²) in [6.07, 6.45) is 0. The van der Waals surface area contributed by atoms with Crippen LogP contribution in [0.4, 0.5) is 10.5 Å². The first-order valence-electron chi connectivity index (χ1n) is 7.28. The number of ether oxygens (including phenoxy) is 1. The first-order valence-corrected chi connectivity index (χ1v) is 7.28. The van der Waals surface area contributed by atoms with Crippen molar-refractivity contribution >= 4 is 17.6 Å². The molecule has 0 unspecified atom stereocenters. The molecule has 6 heteroatoms. The first kappa shape index (κ1) is 17.8. The SMILES string of the molecule is CCOc1ccccc1NC(=O)N(C)CC(=O)NC(C)(C)C. The van der Waals surface area contributed by atoms with Gasteiger partial charge >= 0.3 is 6.03 Å². The van der Waals surface area contributed by atoms with Crippen molar-refractivity contribution in [2.24, 2.45) is 0 Å². The van der Waals surface area contributed by atoms with Crippen molar-refractivity contribution in [2.45, 2.75) is 33.2 Å². The second-order valence-electron chi connectivity index (χ2n) is 6.01. The molecule has 0 aromatic heterocycles. The van der Waals surface area contributed by atoms with Crippen LogP contribution in [-0.2, 0) is 4.79 Å². The summed E-state index contributed by atoms with van der Waals surface area (Å²) in [4.78, 5) is 25.3. The van der Waals surface area contributed by atoms with E-state index in [-0.39, 0.29) is 24.0 Å². The third kappa shape index (κ3) is 6.03. The summed E-state index contributed by atoms with van der Waals surface area (Å²) in [6.45, 7) is 8.05. The molecule has 1 rings (SSSR count). The molecule has 0 fully saturated rings. The Hall–Kier alpha value is -2.24. The minimum absolute atomic E-state index is 0.0140. The van der Waals surface area contributed by atoms with Gasteiger partial charge in [-0.2, -0.15) is 0 Å². The zero-order valence-electron chi connectivity index (χ0n) is 13.9. The predicted molar refractivity (Wildman–Crippen MR) is 87.2 cm³/mol. The molecule has 22 heavy (non-hydrogen) atoms. The van der Waals surface area contributed by atoms with Crippen LogP contribution in [0.3, 0.4) is 0 Å². The molecule has 0 atom stereocenters. The van der Waals surface area contributed by atoms with Gasteiger partial charge in [-0.3, -0.25) is 4.79 Å². The van der Waals surface area contributed by atoms with Gasteiger partial charge in [-0.1, -0.05) is 12.1 Å². The molecule has 1 aromatic rings. The Bertz CT molecular complexity index is 524. The van der Waals surface area contributed by atoms with Crippen LogP contribution in [0.25, 0.3) is 0 Å². The number of hydrogen-bond donors (Lipinski definition) is 2. The maximum atomic E-state index is 12.1. The third-order valence-corrected chi connectivity index (χ3v) is 2.67. The minimum atomic E-state index is -0.365. The molecule has 3 amide bonds. The lowest BCUT2D eigenvalue weighted by Gasteiger charge is -2.23. The summed E-state index contributed by atoms with van der Waals surface area (Å²) in [7, 11) is 1.57. The highest BCUT2D eigenvalue weighted by Crippen LogP contribution is 2.23. The molecular formula is C16H25N3O3. The van der Waals surface area contributed by atoms with Crippen LogP contribution in [0.2, 0.25) is 0 Å². The van der Waals surface area contributed by atoms with Crippen LogP contribution in [0.5, 0.6) is 5.75 Å². The first-order chi connectivity index (χ1) is 10.2. The number of carbonyl (C=O) groups is 2. The Morgan fingerprint density at radius 3 is 2.45 bits per heavy atom. The molecule has 0 aliphatic carbocycles. The summed E-state index contributed by atoms with van der Waals surface area (Å²) in [5.74, 6) is 0.397. The van der Waals surface area contributed by atoms with Crippen LogP contribution >= 0.6 is 0 Å². The molecule has 0 bridgehead atoms. The van der Waals surface area contributed by atoms with Crippen molar-refractivity contribution < 1.29 is 14.3 Å². The Balaban J connectivity index is 2.63. The fraction of sp³-hybridized carbons (Fsp3) is 0.500. The monoisotopic (exact) mass is 307 g/mol. The van der Waals surface area contributed by atoms with Crippen LogP contribution in [0, 0.1) is 0 Å². The average Bonchev–Trinajstić information content (AvgIpc) is 2.38. The van der Waals surface area contributed by atoms with E-state index in [0.717, 1.165) is 0 Å². The van der Waals surface area contributed by atoms with Gasteiger partial charge in [-0.15, -0.1) is 0 Å². The van der Waals surface area contributed by atoms with Gasteiger partial charge < -0.3 is 20.3 Å². The van der Waals surface area contributed by atoms with Gasteiger partial charge in [0.15, 0.2) is 0 Å². The van der Waals surface area contributed by atoms with Crippen LogP contribution < -0.4 is 15.4 Å².